The topological polar surface area (TPSA) is 49.8 Å². The van der Waals surface area contributed by atoms with Crippen LogP contribution in [-0.2, 0) is 9.53 Å². The molecule has 1 heterocycles. The maximum atomic E-state index is 11.7. The third-order valence-corrected chi connectivity index (χ3v) is 3.15. The molecule has 1 aliphatic rings. The molecular formula is C11H12BrNO3. The van der Waals surface area contributed by atoms with E-state index in [0.29, 0.717) is 6.54 Å². The number of hydrogen-bond acceptors (Lipinski definition) is 3. The van der Waals surface area contributed by atoms with E-state index >= 15 is 0 Å². The van der Waals surface area contributed by atoms with Gasteiger partial charge < -0.3 is 14.7 Å². The number of anilines is 1. The van der Waals surface area contributed by atoms with Crippen LogP contribution in [0.4, 0.5) is 5.69 Å². The van der Waals surface area contributed by atoms with Crippen LogP contribution in [-0.4, -0.2) is 36.9 Å². The molecule has 1 fully saturated rings. The van der Waals surface area contributed by atoms with Gasteiger partial charge in [-0.1, -0.05) is 12.1 Å². The second kappa shape index (κ2) is 4.95. The number of morpholine rings is 1. The molecule has 1 amide bonds. The first-order chi connectivity index (χ1) is 7.72. The Labute approximate surface area is 102 Å². The van der Waals surface area contributed by atoms with E-state index in [0.717, 1.165) is 10.2 Å². The molecule has 0 saturated carbocycles. The number of nitrogens with zero attached hydrogens (tertiary/aromatic N) is 1. The van der Waals surface area contributed by atoms with E-state index < -0.39 is 0 Å². The predicted octanol–water partition coefficient (Wildman–Crippen LogP) is 1.17. The highest BCUT2D eigenvalue weighted by Gasteiger charge is 2.27. The molecule has 2 rings (SSSR count). The lowest BCUT2D eigenvalue weighted by Crippen LogP contribution is -2.48. The second-order valence-corrected chi connectivity index (χ2v) is 4.43. The Kier molecular flexibility index (Phi) is 3.58. The minimum atomic E-state index is -0.301. The molecule has 16 heavy (non-hydrogen) atoms. The number of benzene rings is 1. The zero-order valence-electron chi connectivity index (χ0n) is 8.60. The van der Waals surface area contributed by atoms with E-state index in [-0.39, 0.29) is 25.2 Å². The Morgan fingerprint density at radius 3 is 2.94 bits per heavy atom. The third-order valence-electron chi connectivity index (χ3n) is 2.48. The van der Waals surface area contributed by atoms with Gasteiger partial charge in [-0.15, -0.1) is 0 Å². The quantitative estimate of drug-likeness (QED) is 0.888. The highest BCUT2D eigenvalue weighted by molar-refractivity contribution is 9.10. The van der Waals surface area contributed by atoms with E-state index in [4.69, 9.17) is 9.84 Å². The normalized spacial score (nSPS) is 21.2. The van der Waals surface area contributed by atoms with Gasteiger partial charge in [-0.3, -0.25) is 4.79 Å². The molecule has 0 aromatic heterocycles. The first-order valence-corrected chi connectivity index (χ1v) is 5.79. The second-order valence-electron chi connectivity index (χ2n) is 3.57. The summed E-state index contributed by atoms with van der Waals surface area (Å²) in [6, 6.07) is 7.51. The highest BCUT2D eigenvalue weighted by Crippen LogP contribution is 2.27. The van der Waals surface area contributed by atoms with Crippen molar-refractivity contribution in [1.82, 2.24) is 0 Å². The van der Waals surface area contributed by atoms with E-state index in [2.05, 4.69) is 15.9 Å². The Balaban J connectivity index is 2.25. The Morgan fingerprint density at radius 1 is 1.50 bits per heavy atom. The lowest BCUT2D eigenvalue weighted by molar-refractivity contribution is -0.130. The molecule has 0 spiro atoms. The average molecular weight is 286 g/mol. The SMILES string of the molecule is O=C1COC(CO)CN1c1ccccc1Br. The molecule has 1 saturated heterocycles. The molecule has 1 atom stereocenters. The van der Waals surface area contributed by atoms with Crippen molar-refractivity contribution in [2.75, 3.05) is 24.7 Å². The van der Waals surface area contributed by atoms with Crippen molar-refractivity contribution in [3.8, 4) is 0 Å². The van der Waals surface area contributed by atoms with Crippen molar-refractivity contribution in [1.29, 1.82) is 0 Å². The number of ether oxygens (including phenoxy) is 1. The van der Waals surface area contributed by atoms with Gasteiger partial charge in [0.2, 0.25) is 0 Å². The molecule has 1 aromatic rings. The van der Waals surface area contributed by atoms with Crippen LogP contribution in [0.1, 0.15) is 0 Å². The van der Waals surface area contributed by atoms with Gasteiger partial charge in [-0.2, -0.15) is 0 Å². The van der Waals surface area contributed by atoms with Crippen LogP contribution in [0.25, 0.3) is 0 Å². The molecule has 0 radical (unpaired) electrons. The van der Waals surface area contributed by atoms with Crippen LogP contribution in [0.3, 0.4) is 0 Å². The number of carbonyl (C=O) groups excluding carboxylic acids is 1. The third kappa shape index (κ3) is 2.26. The van der Waals surface area contributed by atoms with Crippen LogP contribution >= 0.6 is 15.9 Å². The van der Waals surface area contributed by atoms with Gasteiger partial charge in [-0.05, 0) is 28.1 Å². The lowest BCUT2D eigenvalue weighted by Gasteiger charge is -2.32. The molecule has 0 aliphatic carbocycles. The van der Waals surface area contributed by atoms with Crippen LogP contribution in [0.2, 0.25) is 0 Å². The molecule has 1 aliphatic heterocycles. The fourth-order valence-corrected chi connectivity index (χ4v) is 2.14. The standard InChI is InChI=1S/C11H12BrNO3/c12-9-3-1-2-4-10(9)13-5-8(6-14)16-7-11(13)15/h1-4,8,14H,5-7H2. The number of carbonyl (C=O) groups is 1. The van der Waals surface area contributed by atoms with Crippen molar-refractivity contribution >= 4 is 27.5 Å². The number of rotatable bonds is 2. The number of halogens is 1. The maximum absolute atomic E-state index is 11.7. The number of aliphatic hydroxyl groups is 1. The molecule has 1 N–H and O–H groups in total. The van der Waals surface area contributed by atoms with Gasteiger partial charge in [0.25, 0.3) is 5.91 Å². The number of aliphatic hydroxyl groups excluding tert-OH is 1. The molecule has 86 valence electrons. The molecular weight excluding hydrogens is 274 g/mol. The molecule has 4 nitrogen and oxygen atoms in total. The zero-order chi connectivity index (χ0) is 11.5. The lowest BCUT2D eigenvalue weighted by atomic mass is 10.2. The summed E-state index contributed by atoms with van der Waals surface area (Å²) >= 11 is 3.40. The first kappa shape index (κ1) is 11.6. The Hall–Kier alpha value is -0.910. The van der Waals surface area contributed by atoms with E-state index in [1.54, 1.807) is 4.90 Å². The van der Waals surface area contributed by atoms with Gasteiger partial charge in [0.15, 0.2) is 0 Å². The zero-order valence-corrected chi connectivity index (χ0v) is 10.2. The van der Waals surface area contributed by atoms with E-state index in [1.165, 1.54) is 0 Å². The summed E-state index contributed by atoms with van der Waals surface area (Å²) in [6.45, 7) is 0.332. The van der Waals surface area contributed by atoms with Crippen LogP contribution < -0.4 is 4.90 Å². The summed E-state index contributed by atoms with van der Waals surface area (Å²) in [4.78, 5) is 13.3. The maximum Gasteiger partial charge on any atom is 0.253 e. The minimum Gasteiger partial charge on any atom is -0.394 e. The number of para-hydroxylation sites is 1. The summed E-state index contributed by atoms with van der Waals surface area (Å²) < 4.78 is 6.04. The van der Waals surface area contributed by atoms with Crippen LogP contribution in [0.5, 0.6) is 0 Å². The highest BCUT2D eigenvalue weighted by atomic mass is 79.9. The van der Waals surface area contributed by atoms with Gasteiger partial charge in [-0.25, -0.2) is 0 Å². The van der Waals surface area contributed by atoms with Gasteiger partial charge in [0, 0.05) is 4.47 Å². The number of hydrogen-bond donors (Lipinski definition) is 1. The monoisotopic (exact) mass is 285 g/mol. The van der Waals surface area contributed by atoms with Crippen LogP contribution in [0.15, 0.2) is 28.7 Å². The first-order valence-electron chi connectivity index (χ1n) is 4.99. The fourth-order valence-electron chi connectivity index (χ4n) is 1.64. The van der Waals surface area contributed by atoms with Crippen molar-refractivity contribution in [3.63, 3.8) is 0 Å². The molecule has 0 bridgehead atoms. The molecule has 5 heteroatoms. The summed E-state index contributed by atoms with van der Waals surface area (Å²) in [5, 5.41) is 9.04. The Morgan fingerprint density at radius 2 is 2.25 bits per heavy atom. The summed E-state index contributed by atoms with van der Waals surface area (Å²) in [7, 11) is 0. The van der Waals surface area contributed by atoms with E-state index in [9.17, 15) is 4.79 Å². The van der Waals surface area contributed by atoms with Gasteiger partial charge in [0.05, 0.1) is 24.9 Å². The molecule has 1 aromatic carbocycles. The largest absolute Gasteiger partial charge is 0.394 e. The summed E-state index contributed by atoms with van der Waals surface area (Å²) in [6.07, 6.45) is -0.301. The Bertz CT molecular complexity index is 397. The van der Waals surface area contributed by atoms with Crippen molar-refractivity contribution in [2.24, 2.45) is 0 Å². The van der Waals surface area contributed by atoms with Gasteiger partial charge in [0.1, 0.15) is 6.61 Å². The van der Waals surface area contributed by atoms with Gasteiger partial charge >= 0.3 is 0 Å². The number of amides is 1. The van der Waals surface area contributed by atoms with Crippen molar-refractivity contribution in [3.05, 3.63) is 28.7 Å². The average Bonchev–Trinajstić information content (AvgIpc) is 2.31. The predicted molar refractivity (Wildman–Crippen MR) is 63.3 cm³/mol. The summed E-state index contributed by atoms with van der Waals surface area (Å²) in [5.74, 6) is -0.0865. The summed E-state index contributed by atoms with van der Waals surface area (Å²) in [5.41, 5.74) is 0.814. The molecule has 1 unspecified atom stereocenters. The van der Waals surface area contributed by atoms with Crippen LogP contribution in [0, 0.1) is 0 Å². The van der Waals surface area contributed by atoms with Crippen molar-refractivity contribution < 1.29 is 14.6 Å². The van der Waals surface area contributed by atoms with Crippen molar-refractivity contribution in [2.45, 2.75) is 6.10 Å². The minimum absolute atomic E-state index is 0.0204. The fraction of sp³-hybridized carbons (Fsp3) is 0.364. The van der Waals surface area contributed by atoms with E-state index in [1.807, 2.05) is 24.3 Å². The smallest absolute Gasteiger partial charge is 0.253 e.